The molecule has 0 amide bonds. The number of anilines is 1. The van der Waals surface area contributed by atoms with Gasteiger partial charge in [-0.1, -0.05) is 30.3 Å². The molecule has 4 heterocycles. The average molecular weight is 610 g/mol. The van der Waals surface area contributed by atoms with Crippen molar-refractivity contribution in [2.45, 2.75) is 82.1 Å². The molecular formula is C30H29F6N3O4. The number of fused-ring (bicyclic) bond motifs is 2. The molecule has 6 rings (SSSR count). The number of nitrogens with zero attached hydrogens (tertiary/aromatic N) is 3. The van der Waals surface area contributed by atoms with Crippen LogP contribution >= 0.6 is 0 Å². The van der Waals surface area contributed by atoms with Crippen molar-refractivity contribution >= 4 is 11.8 Å². The Bertz CT molecular complexity index is 1520. The van der Waals surface area contributed by atoms with Crippen molar-refractivity contribution in [3.05, 3.63) is 64.5 Å². The van der Waals surface area contributed by atoms with Gasteiger partial charge in [0, 0.05) is 35.3 Å². The summed E-state index contributed by atoms with van der Waals surface area (Å²) in [6.45, 7) is 2.02. The number of rotatable bonds is 7. The number of esters is 1. The first-order valence-electron chi connectivity index (χ1n) is 14.1. The van der Waals surface area contributed by atoms with Crippen LogP contribution in [0.15, 0.2) is 41.1 Å². The third kappa shape index (κ3) is 5.59. The van der Waals surface area contributed by atoms with Gasteiger partial charge in [-0.05, 0) is 50.2 Å². The van der Waals surface area contributed by atoms with Crippen LogP contribution in [0.4, 0.5) is 32.2 Å². The van der Waals surface area contributed by atoms with Crippen molar-refractivity contribution in [1.82, 2.24) is 10.1 Å². The molecule has 2 aliphatic heterocycles. The highest BCUT2D eigenvalue weighted by atomic mass is 19.4. The van der Waals surface area contributed by atoms with Crippen LogP contribution in [0.2, 0.25) is 0 Å². The molecule has 2 saturated heterocycles. The molecule has 13 heteroatoms. The molecule has 3 unspecified atom stereocenters. The third-order valence-electron chi connectivity index (χ3n) is 8.67. The largest absolute Gasteiger partial charge is 0.465 e. The summed E-state index contributed by atoms with van der Waals surface area (Å²) in [5, 5.41) is 4.05. The molecular weight excluding hydrogens is 580 g/mol. The van der Waals surface area contributed by atoms with Crippen LogP contribution in [0, 0.1) is 5.92 Å². The predicted octanol–water partition coefficient (Wildman–Crippen LogP) is 7.40. The van der Waals surface area contributed by atoms with Crippen molar-refractivity contribution in [3.63, 3.8) is 0 Å². The van der Waals surface area contributed by atoms with Crippen LogP contribution in [-0.4, -0.2) is 41.4 Å². The molecule has 1 aromatic carbocycles. The molecule has 43 heavy (non-hydrogen) atoms. The Hall–Kier alpha value is -3.61. The van der Waals surface area contributed by atoms with Gasteiger partial charge < -0.3 is 18.9 Å². The lowest BCUT2D eigenvalue weighted by Crippen LogP contribution is -2.47. The second-order valence-corrected chi connectivity index (χ2v) is 11.5. The zero-order chi connectivity index (χ0) is 30.7. The number of pyridine rings is 1. The summed E-state index contributed by atoms with van der Waals surface area (Å²) in [7, 11) is 1.01. The summed E-state index contributed by atoms with van der Waals surface area (Å²) < 4.78 is 99.4. The number of ether oxygens (including phenoxy) is 2. The van der Waals surface area contributed by atoms with Crippen molar-refractivity contribution in [2.24, 2.45) is 5.92 Å². The van der Waals surface area contributed by atoms with Crippen molar-refractivity contribution in [2.75, 3.05) is 12.0 Å². The van der Waals surface area contributed by atoms with Crippen molar-refractivity contribution in [3.8, 4) is 11.3 Å². The smallest absolute Gasteiger partial charge is 0.417 e. The van der Waals surface area contributed by atoms with Crippen molar-refractivity contribution in [1.29, 1.82) is 0 Å². The third-order valence-corrected chi connectivity index (χ3v) is 8.67. The van der Waals surface area contributed by atoms with Crippen molar-refractivity contribution < 1.29 is 45.1 Å². The van der Waals surface area contributed by atoms with E-state index < -0.39 is 35.0 Å². The lowest BCUT2D eigenvalue weighted by Gasteiger charge is -2.40. The zero-order valence-electron chi connectivity index (χ0n) is 23.3. The zero-order valence-corrected chi connectivity index (χ0v) is 23.3. The monoisotopic (exact) mass is 609 g/mol. The van der Waals surface area contributed by atoms with Gasteiger partial charge in [-0.3, -0.25) is 0 Å². The summed E-state index contributed by atoms with van der Waals surface area (Å²) in [5.41, 5.74) is -2.04. The van der Waals surface area contributed by atoms with Gasteiger partial charge >= 0.3 is 18.3 Å². The number of hydrogen-bond acceptors (Lipinski definition) is 7. The maximum atomic E-state index is 13.9. The Kier molecular flexibility index (Phi) is 7.42. The standard InChI is InChI=1S/C30H29F6N3O4/c1-15-9-17-10-18(11-24(15)39(17)25-12-23(30(34,35)36)20(13-37-25)28(40)41-2)42-14-21-26(38-43-27(21)16-7-8-16)19-5-3-4-6-22(19)29(31,32)33/h3-6,12-13,15-18,24H,7-11,14H2,1-2H3/t15-,17?,18?,24?/m1/s1. The highest BCUT2D eigenvalue weighted by Gasteiger charge is 2.47. The van der Waals surface area contributed by atoms with Crippen LogP contribution in [0.3, 0.4) is 0 Å². The number of carbonyl (C=O) groups is 1. The normalized spacial score (nSPS) is 24.0. The molecule has 2 bridgehead atoms. The summed E-state index contributed by atoms with van der Waals surface area (Å²) >= 11 is 0. The fraction of sp³-hybridized carbons (Fsp3) is 0.500. The molecule has 0 N–H and O–H groups in total. The minimum Gasteiger partial charge on any atom is -0.465 e. The van der Waals surface area contributed by atoms with E-state index in [0.29, 0.717) is 30.6 Å². The molecule has 3 aromatic rings. The number of methoxy groups -OCH3 is 1. The second kappa shape index (κ2) is 10.8. The summed E-state index contributed by atoms with van der Waals surface area (Å²) in [6.07, 6.45) is -5.37. The molecule has 3 fully saturated rings. The van der Waals surface area contributed by atoms with Gasteiger partial charge in [0.15, 0.2) is 0 Å². The number of carbonyl (C=O) groups excluding carboxylic acids is 1. The number of hydrogen-bond donors (Lipinski definition) is 0. The van der Waals surface area contributed by atoms with E-state index in [-0.39, 0.29) is 53.7 Å². The van der Waals surface area contributed by atoms with Gasteiger partial charge in [-0.15, -0.1) is 0 Å². The Morgan fingerprint density at radius 3 is 2.42 bits per heavy atom. The molecule has 4 atom stereocenters. The van der Waals surface area contributed by atoms with Gasteiger partial charge in [0.05, 0.1) is 36.5 Å². The Labute approximate surface area is 243 Å². The first-order valence-corrected chi connectivity index (χ1v) is 14.1. The Morgan fingerprint density at radius 1 is 1.05 bits per heavy atom. The molecule has 2 aromatic heterocycles. The molecule has 3 aliphatic rings. The van der Waals surface area contributed by atoms with Gasteiger partial charge in [-0.2, -0.15) is 26.3 Å². The van der Waals surface area contributed by atoms with E-state index in [1.165, 1.54) is 18.2 Å². The van der Waals surface area contributed by atoms with E-state index in [4.69, 9.17) is 9.26 Å². The SMILES string of the molecule is COC(=O)c1cnc(N2C3CC(OCc4c(-c5ccccc5C(F)(F)F)noc4C4CC4)CC2[C@H](C)C3)cc1C(F)(F)F. The molecule has 0 radical (unpaired) electrons. The average Bonchev–Trinajstić information content (AvgIpc) is 3.68. The van der Waals surface area contributed by atoms with Crippen LogP contribution < -0.4 is 4.90 Å². The number of piperidine rings is 1. The number of alkyl halides is 6. The topological polar surface area (TPSA) is 77.7 Å². The van der Waals surface area contributed by atoms with E-state index in [9.17, 15) is 31.1 Å². The van der Waals surface area contributed by atoms with Crippen LogP contribution in [-0.2, 0) is 28.4 Å². The fourth-order valence-corrected chi connectivity index (χ4v) is 6.53. The predicted molar refractivity (Wildman–Crippen MR) is 141 cm³/mol. The number of halogens is 6. The van der Waals surface area contributed by atoms with Gasteiger partial charge in [0.25, 0.3) is 0 Å². The van der Waals surface area contributed by atoms with Crippen LogP contribution in [0.25, 0.3) is 11.3 Å². The molecule has 230 valence electrons. The minimum atomic E-state index is -4.78. The number of benzene rings is 1. The quantitative estimate of drug-likeness (QED) is 0.204. The highest BCUT2D eigenvalue weighted by Crippen LogP contribution is 2.48. The van der Waals surface area contributed by atoms with Crippen LogP contribution in [0.5, 0.6) is 0 Å². The Morgan fingerprint density at radius 2 is 1.77 bits per heavy atom. The van der Waals surface area contributed by atoms with E-state index in [1.807, 2.05) is 11.8 Å². The first kappa shape index (κ1) is 29.5. The summed E-state index contributed by atoms with van der Waals surface area (Å²) in [4.78, 5) is 18.1. The highest BCUT2D eigenvalue weighted by molar-refractivity contribution is 5.91. The second-order valence-electron chi connectivity index (χ2n) is 11.5. The lowest BCUT2D eigenvalue weighted by atomic mass is 9.96. The van der Waals surface area contributed by atoms with Gasteiger partial charge in [-0.25, -0.2) is 9.78 Å². The fourth-order valence-electron chi connectivity index (χ4n) is 6.53. The summed E-state index contributed by atoms with van der Waals surface area (Å²) in [6, 6.07) is 5.76. The molecule has 0 spiro atoms. The van der Waals surface area contributed by atoms with Gasteiger partial charge in [0.1, 0.15) is 17.3 Å². The minimum absolute atomic E-state index is 0.000353. The summed E-state index contributed by atoms with van der Waals surface area (Å²) in [5.74, 6) is -0.250. The molecule has 7 nitrogen and oxygen atoms in total. The molecule has 1 saturated carbocycles. The Balaban J connectivity index is 1.24. The maximum absolute atomic E-state index is 13.9. The van der Waals surface area contributed by atoms with E-state index >= 15 is 0 Å². The van der Waals surface area contributed by atoms with E-state index in [2.05, 4.69) is 14.9 Å². The van der Waals surface area contributed by atoms with E-state index in [1.54, 1.807) is 0 Å². The lowest BCUT2D eigenvalue weighted by molar-refractivity contribution is -0.138. The number of aromatic nitrogens is 2. The first-order chi connectivity index (χ1) is 20.4. The molecule has 1 aliphatic carbocycles. The maximum Gasteiger partial charge on any atom is 0.417 e. The van der Waals surface area contributed by atoms with E-state index in [0.717, 1.165) is 38.3 Å². The van der Waals surface area contributed by atoms with Crippen LogP contribution in [0.1, 0.15) is 77.8 Å². The van der Waals surface area contributed by atoms with Gasteiger partial charge in [0.2, 0.25) is 0 Å².